The third-order valence-corrected chi connectivity index (χ3v) is 10.8. The first-order chi connectivity index (χ1) is 29.0. The van der Waals surface area contributed by atoms with Crippen molar-refractivity contribution in [3.05, 3.63) is 48.6 Å². The molecule has 6 nitrogen and oxygen atoms in total. The van der Waals surface area contributed by atoms with Gasteiger partial charge in [0.05, 0.1) is 0 Å². The van der Waals surface area contributed by atoms with E-state index in [-0.39, 0.29) is 37.5 Å². The van der Waals surface area contributed by atoms with E-state index in [1.807, 2.05) is 6.08 Å². The lowest BCUT2D eigenvalue weighted by molar-refractivity contribution is -0.166. The van der Waals surface area contributed by atoms with Crippen molar-refractivity contribution in [2.75, 3.05) is 13.2 Å². The fourth-order valence-corrected chi connectivity index (χ4v) is 7.06. The molecule has 1 unspecified atom stereocenters. The van der Waals surface area contributed by atoms with Gasteiger partial charge >= 0.3 is 17.9 Å². The second kappa shape index (κ2) is 48.0. The van der Waals surface area contributed by atoms with E-state index >= 15 is 0 Å². The predicted octanol–water partition coefficient (Wildman–Crippen LogP) is 16.3. The Morgan fingerprint density at radius 2 is 0.695 bits per heavy atom. The van der Waals surface area contributed by atoms with E-state index in [2.05, 4.69) is 63.3 Å². The second-order valence-corrected chi connectivity index (χ2v) is 16.7. The molecule has 0 aromatic rings. The zero-order valence-corrected chi connectivity index (χ0v) is 39.0. The van der Waals surface area contributed by atoms with Crippen molar-refractivity contribution < 1.29 is 28.6 Å². The standard InChI is InChI=1S/C53H94O6/c1-4-7-10-13-16-19-21-23-24-25-26-27-28-30-31-34-37-40-43-46-52(55)58-49-50(48-57-51(54)45-42-39-36-33-18-15-12-9-6-3)59-53(56)47-44-41-38-35-32-29-22-20-17-14-11-8-5-2/h9,12,18,29,32-33,38,41,50H,4-8,10-11,13-17,19-28,30-31,34-37,39-40,42-49H2,1-3H3/b12-9-,32-29-,33-18-,41-38-. The summed E-state index contributed by atoms with van der Waals surface area (Å²) in [6.07, 6.45) is 57.0. The summed E-state index contributed by atoms with van der Waals surface area (Å²) in [5, 5.41) is 0. The number of ether oxygens (including phenoxy) is 3. The lowest BCUT2D eigenvalue weighted by atomic mass is 10.0. The van der Waals surface area contributed by atoms with Crippen LogP contribution >= 0.6 is 0 Å². The Balaban J connectivity index is 4.32. The maximum Gasteiger partial charge on any atom is 0.306 e. The maximum atomic E-state index is 12.7. The van der Waals surface area contributed by atoms with E-state index in [1.54, 1.807) is 0 Å². The van der Waals surface area contributed by atoms with Crippen LogP contribution in [0.25, 0.3) is 0 Å². The lowest BCUT2D eigenvalue weighted by Crippen LogP contribution is -2.30. The van der Waals surface area contributed by atoms with E-state index in [0.29, 0.717) is 19.3 Å². The molecule has 0 aliphatic carbocycles. The number of carbonyl (C=O) groups is 3. The predicted molar refractivity (Wildman–Crippen MR) is 252 cm³/mol. The molecule has 0 fully saturated rings. The SMILES string of the molecule is CC/C=C\C/C=C\CCCCC(=O)OCC(COC(=O)CCCCCCCCCCCCCCCCCCCCC)OC(=O)CC/C=C\C/C=C\CCCCCCCC. The Morgan fingerprint density at radius 1 is 0.356 bits per heavy atom. The largest absolute Gasteiger partial charge is 0.462 e. The Bertz CT molecular complexity index is 1040. The Labute approximate surface area is 365 Å². The third-order valence-electron chi connectivity index (χ3n) is 10.8. The molecule has 0 amide bonds. The molecule has 0 aliphatic heterocycles. The van der Waals surface area contributed by atoms with E-state index in [9.17, 15) is 14.4 Å². The molecule has 0 rings (SSSR count). The summed E-state index contributed by atoms with van der Waals surface area (Å²) in [4.78, 5) is 37.7. The second-order valence-electron chi connectivity index (χ2n) is 16.7. The van der Waals surface area contributed by atoms with Gasteiger partial charge in [0.25, 0.3) is 0 Å². The van der Waals surface area contributed by atoms with Crippen LogP contribution in [-0.2, 0) is 28.6 Å². The van der Waals surface area contributed by atoms with Gasteiger partial charge in [0.1, 0.15) is 13.2 Å². The summed E-state index contributed by atoms with van der Waals surface area (Å²) in [5.74, 6) is -1.01. The molecule has 1 atom stereocenters. The number of allylic oxidation sites excluding steroid dienone is 8. The zero-order chi connectivity index (χ0) is 43.0. The molecule has 6 heteroatoms. The number of carbonyl (C=O) groups excluding carboxylic acids is 3. The van der Waals surface area contributed by atoms with Gasteiger partial charge in [-0.2, -0.15) is 0 Å². The summed E-state index contributed by atoms with van der Waals surface area (Å²) >= 11 is 0. The van der Waals surface area contributed by atoms with Gasteiger partial charge in [-0.25, -0.2) is 0 Å². The van der Waals surface area contributed by atoms with Crippen molar-refractivity contribution in [2.45, 2.75) is 258 Å². The topological polar surface area (TPSA) is 78.9 Å². The van der Waals surface area contributed by atoms with Crippen LogP contribution in [0.4, 0.5) is 0 Å². The summed E-state index contributed by atoms with van der Waals surface area (Å²) in [6, 6.07) is 0. The average molecular weight is 827 g/mol. The highest BCUT2D eigenvalue weighted by Gasteiger charge is 2.19. The first kappa shape index (κ1) is 56.4. The first-order valence-electron chi connectivity index (χ1n) is 25.1. The Kier molecular flexibility index (Phi) is 45.9. The van der Waals surface area contributed by atoms with E-state index in [4.69, 9.17) is 14.2 Å². The number of rotatable bonds is 45. The van der Waals surface area contributed by atoms with E-state index < -0.39 is 6.10 Å². The van der Waals surface area contributed by atoms with Crippen molar-refractivity contribution in [1.29, 1.82) is 0 Å². The highest BCUT2D eigenvalue weighted by atomic mass is 16.6. The molecule has 0 radical (unpaired) electrons. The first-order valence-corrected chi connectivity index (χ1v) is 25.1. The zero-order valence-electron chi connectivity index (χ0n) is 39.0. The monoisotopic (exact) mass is 827 g/mol. The minimum atomic E-state index is -0.812. The van der Waals surface area contributed by atoms with Gasteiger partial charge in [0.2, 0.25) is 0 Å². The fraction of sp³-hybridized carbons (Fsp3) is 0.792. The summed E-state index contributed by atoms with van der Waals surface area (Å²) in [7, 11) is 0. The molecule has 0 heterocycles. The van der Waals surface area contributed by atoms with Crippen LogP contribution in [0, 0.1) is 0 Å². The van der Waals surface area contributed by atoms with Crippen LogP contribution in [-0.4, -0.2) is 37.2 Å². The molecule has 0 aromatic carbocycles. The molecular weight excluding hydrogens is 733 g/mol. The molecule has 0 aliphatic rings. The van der Waals surface area contributed by atoms with Gasteiger partial charge in [0, 0.05) is 19.3 Å². The van der Waals surface area contributed by atoms with Crippen molar-refractivity contribution >= 4 is 17.9 Å². The quantitative estimate of drug-likeness (QED) is 0.0263. The smallest absolute Gasteiger partial charge is 0.306 e. The van der Waals surface area contributed by atoms with Crippen LogP contribution in [0.15, 0.2) is 48.6 Å². The molecule has 0 spiro atoms. The van der Waals surface area contributed by atoms with Crippen molar-refractivity contribution in [3.63, 3.8) is 0 Å². The minimum absolute atomic E-state index is 0.104. The Hall–Kier alpha value is -2.63. The van der Waals surface area contributed by atoms with Crippen LogP contribution < -0.4 is 0 Å². The summed E-state index contributed by atoms with van der Waals surface area (Å²) in [6.45, 7) is 6.44. The lowest BCUT2D eigenvalue weighted by Gasteiger charge is -2.18. The molecule has 59 heavy (non-hydrogen) atoms. The number of hydrogen-bond acceptors (Lipinski definition) is 6. The molecular formula is C53H94O6. The van der Waals surface area contributed by atoms with Gasteiger partial charge < -0.3 is 14.2 Å². The van der Waals surface area contributed by atoms with E-state index in [1.165, 1.54) is 141 Å². The van der Waals surface area contributed by atoms with Gasteiger partial charge in [-0.3, -0.25) is 14.4 Å². The van der Waals surface area contributed by atoms with Gasteiger partial charge in [0.15, 0.2) is 6.10 Å². The van der Waals surface area contributed by atoms with Crippen LogP contribution in [0.1, 0.15) is 252 Å². The van der Waals surface area contributed by atoms with Crippen LogP contribution in [0.3, 0.4) is 0 Å². The summed E-state index contributed by atoms with van der Waals surface area (Å²) < 4.78 is 16.6. The van der Waals surface area contributed by atoms with E-state index in [0.717, 1.165) is 64.2 Å². The third kappa shape index (κ3) is 46.3. The van der Waals surface area contributed by atoms with Gasteiger partial charge in [-0.05, 0) is 64.2 Å². The van der Waals surface area contributed by atoms with Gasteiger partial charge in [-0.15, -0.1) is 0 Å². The molecule has 0 bridgehead atoms. The molecule has 0 N–H and O–H groups in total. The van der Waals surface area contributed by atoms with Crippen molar-refractivity contribution in [1.82, 2.24) is 0 Å². The minimum Gasteiger partial charge on any atom is -0.462 e. The van der Waals surface area contributed by atoms with Crippen LogP contribution in [0.2, 0.25) is 0 Å². The number of hydrogen-bond donors (Lipinski definition) is 0. The van der Waals surface area contributed by atoms with Crippen LogP contribution in [0.5, 0.6) is 0 Å². The Morgan fingerprint density at radius 3 is 1.12 bits per heavy atom. The van der Waals surface area contributed by atoms with Gasteiger partial charge in [-0.1, -0.05) is 217 Å². The molecule has 0 saturated heterocycles. The molecule has 0 saturated carbocycles. The highest BCUT2D eigenvalue weighted by Crippen LogP contribution is 2.16. The number of esters is 3. The van der Waals surface area contributed by atoms with Crippen molar-refractivity contribution in [3.8, 4) is 0 Å². The fourth-order valence-electron chi connectivity index (χ4n) is 7.06. The normalized spacial score (nSPS) is 12.4. The maximum absolute atomic E-state index is 12.7. The summed E-state index contributed by atoms with van der Waals surface area (Å²) in [5.41, 5.74) is 0. The molecule has 0 aromatic heterocycles. The molecule has 342 valence electrons. The van der Waals surface area contributed by atoms with Crippen molar-refractivity contribution in [2.24, 2.45) is 0 Å². The highest BCUT2D eigenvalue weighted by molar-refractivity contribution is 5.71. The number of unbranched alkanes of at least 4 members (excludes halogenated alkanes) is 26. The average Bonchev–Trinajstić information content (AvgIpc) is 3.23.